The average molecular weight is 277 g/mol. The van der Waals surface area contributed by atoms with E-state index >= 15 is 0 Å². The molecule has 2 aromatic rings. The summed E-state index contributed by atoms with van der Waals surface area (Å²) in [6.45, 7) is 2.00. The molecule has 20 heavy (non-hydrogen) atoms. The Morgan fingerprint density at radius 1 is 1.55 bits per heavy atom. The van der Waals surface area contributed by atoms with Crippen LogP contribution in [0.3, 0.4) is 0 Å². The molecule has 0 bridgehead atoms. The third kappa shape index (κ3) is 2.20. The summed E-state index contributed by atoms with van der Waals surface area (Å²) in [7, 11) is 1.61. The number of imidazole rings is 1. The number of hydrogen-bond acceptors (Lipinski definition) is 4. The van der Waals surface area contributed by atoms with Gasteiger partial charge in [0.1, 0.15) is 11.9 Å². The summed E-state index contributed by atoms with van der Waals surface area (Å²) in [4.78, 5) is 21.4. The van der Waals surface area contributed by atoms with Gasteiger partial charge in [-0.3, -0.25) is 4.79 Å². The van der Waals surface area contributed by atoms with E-state index in [0.717, 1.165) is 6.54 Å². The second kappa shape index (κ2) is 5.09. The van der Waals surface area contributed by atoms with Gasteiger partial charge in [0.25, 0.3) is 0 Å². The average Bonchev–Trinajstić information content (AvgIpc) is 2.89. The number of benzene rings is 1. The van der Waals surface area contributed by atoms with Crippen LogP contribution in [0.15, 0.2) is 18.2 Å². The third-order valence-electron chi connectivity index (χ3n) is 3.50. The zero-order chi connectivity index (χ0) is 14.1. The molecular formula is C13H16FN5O. The molecule has 1 aliphatic heterocycles. The van der Waals surface area contributed by atoms with Gasteiger partial charge in [0.05, 0.1) is 11.0 Å². The van der Waals surface area contributed by atoms with E-state index < -0.39 is 0 Å². The van der Waals surface area contributed by atoms with Crippen LogP contribution in [-0.4, -0.2) is 48.6 Å². The summed E-state index contributed by atoms with van der Waals surface area (Å²) in [6.07, 6.45) is 0. The standard InChI is InChI=1S/C13H16FN5O/c1-15-12(20)11-7-16-4-5-19(11)13-17-9-3-2-8(14)6-10(9)18-13/h2-3,6,11,16H,4-5,7H2,1H3,(H,15,20)(H,17,18). The van der Waals surface area contributed by atoms with Gasteiger partial charge in [0.2, 0.25) is 11.9 Å². The smallest absolute Gasteiger partial charge is 0.243 e. The van der Waals surface area contributed by atoms with Crippen molar-refractivity contribution in [3.05, 3.63) is 24.0 Å². The maximum absolute atomic E-state index is 13.2. The van der Waals surface area contributed by atoms with Gasteiger partial charge in [0.15, 0.2) is 0 Å². The van der Waals surface area contributed by atoms with Gasteiger partial charge in [0, 0.05) is 26.7 Å². The van der Waals surface area contributed by atoms with Crippen LogP contribution in [0.1, 0.15) is 0 Å². The first kappa shape index (κ1) is 12.9. The largest absolute Gasteiger partial charge is 0.357 e. The predicted molar refractivity (Wildman–Crippen MR) is 74.1 cm³/mol. The lowest BCUT2D eigenvalue weighted by Crippen LogP contribution is -2.58. The number of amides is 1. The molecule has 0 aliphatic carbocycles. The van der Waals surface area contributed by atoms with E-state index in [4.69, 9.17) is 0 Å². The molecule has 1 aromatic heterocycles. The molecule has 0 saturated carbocycles. The number of nitrogens with one attached hydrogen (secondary N) is 3. The molecule has 1 amide bonds. The van der Waals surface area contributed by atoms with Crippen LogP contribution in [0.2, 0.25) is 0 Å². The van der Waals surface area contributed by atoms with Gasteiger partial charge in [-0.15, -0.1) is 0 Å². The normalized spacial score (nSPS) is 19.3. The van der Waals surface area contributed by atoms with Gasteiger partial charge < -0.3 is 20.5 Å². The molecular weight excluding hydrogens is 261 g/mol. The fraction of sp³-hybridized carbons (Fsp3) is 0.385. The number of anilines is 1. The molecule has 0 spiro atoms. The zero-order valence-corrected chi connectivity index (χ0v) is 11.1. The van der Waals surface area contributed by atoms with Gasteiger partial charge in [-0.1, -0.05) is 0 Å². The number of carbonyl (C=O) groups is 1. The molecule has 1 unspecified atom stereocenters. The minimum atomic E-state index is -0.320. The van der Waals surface area contributed by atoms with Crippen molar-refractivity contribution in [3.63, 3.8) is 0 Å². The summed E-state index contributed by atoms with van der Waals surface area (Å²) >= 11 is 0. The lowest BCUT2D eigenvalue weighted by Gasteiger charge is -2.34. The molecule has 3 N–H and O–H groups in total. The van der Waals surface area contributed by atoms with E-state index in [1.54, 1.807) is 13.1 Å². The fourth-order valence-corrected chi connectivity index (χ4v) is 2.46. The van der Waals surface area contributed by atoms with Gasteiger partial charge in [-0.25, -0.2) is 9.37 Å². The number of aromatic amines is 1. The highest BCUT2D eigenvalue weighted by Crippen LogP contribution is 2.20. The van der Waals surface area contributed by atoms with E-state index in [0.29, 0.717) is 30.1 Å². The Morgan fingerprint density at radius 3 is 3.20 bits per heavy atom. The Bertz CT molecular complexity index is 641. The molecule has 2 heterocycles. The number of halogens is 1. The van der Waals surface area contributed by atoms with Crippen LogP contribution in [0.4, 0.5) is 10.3 Å². The van der Waals surface area contributed by atoms with Crippen LogP contribution in [0.5, 0.6) is 0 Å². The monoisotopic (exact) mass is 277 g/mol. The number of nitrogens with zero attached hydrogens (tertiary/aromatic N) is 2. The highest BCUT2D eigenvalue weighted by atomic mass is 19.1. The van der Waals surface area contributed by atoms with Crippen LogP contribution in [-0.2, 0) is 4.79 Å². The van der Waals surface area contributed by atoms with Gasteiger partial charge in [-0.05, 0) is 18.2 Å². The second-order valence-corrected chi connectivity index (χ2v) is 4.75. The Balaban J connectivity index is 1.97. The number of carbonyl (C=O) groups excluding carboxylic acids is 1. The Morgan fingerprint density at radius 2 is 2.40 bits per heavy atom. The SMILES string of the molecule is CNC(=O)C1CNCCN1c1nc2ccc(F)cc2[nH]1. The number of aromatic nitrogens is 2. The van der Waals surface area contributed by atoms with Crippen molar-refractivity contribution in [3.8, 4) is 0 Å². The van der Waals surface area contributed by atoms with Gasteiger partial charge in [-0.2, -0.15) is 0 Å². The summed E-state index contributed by atoms with van der Waals surface area (Å²) in [5.74, 6) is 0.223. The van der Waals surface area contributed by atoms with Crippen LogP contribution < -0.4 is 15.5 Å². The van der Waals surface area contributed by atoms with E-state index in [2.05, 4.69) is 20.6 Å². The molecule has 106 valence electrons. The van der Waals surface area contributed by atoms with Crippen molar-refractivity contribution in [1.29, 1.82) is 0 Å². The summed E-state index contributed by atoms with van der Waals surface area (Å²) in [5, 5.41) is 5.84. The lowest BCUT2D eigenvalue weighted by atomic mass is 10.2. The van der Waals surface area contributed by atoms with E-state index in [1.165, 1.54) is 12.1 Å². The number of hydrogen-bond donors (Lipinski definition) is 3. The van der Waals surface area contributed by atoms with E-state index in [9.17, 15) is 9.18 Å². The predicted octanol–water partition coefficient (Wildman–Crippen LogP) is 0.226. The van der Waals surface area contributed by atoms with Crippen molar-refractivity contribution in [2.45, 2.75) is 6.04 Å². The molecule has 7 heteroatoms. The Hall–Kier alpha value is -2.15. The number of piperazine rings is 1. The molecule has 1 atom stereocenters. The topological polar surface area (TPSA) is 73.1 Å². The summed E-state index contributed by atoms with van der Waals surface area (Å²) < 4.78 is 13.2. The number of H-pyrrole nitrogens is 1. The maximum Gasteiger partial charge on any atom is 0.243 e. The molecule has 3 rings (SSSR count). The molecule has 1 fully saturated rings. The highest BCUT2D eigenvalue weighted by Gasteiger charge is 2.29. The lowest BCUT2D eigenvalue weighted by molar-refractivity contribution is -0.122. The van der Waals surface area contributed by atoms with Crippen molar-refractivity contribution in [1.82, 2.24) is 20.6 Å². The zero-order valence-electron chi connectivity index (χ0n) is 11.1. The van der Waals surface area contributed by atoms with Crippen molar-refractivity contribution < 1.29 is 9.18 Å². The summed E-state index contributed by atoms with van der Waals surface area (Å²) in [6, 6.07) is 4.09. The first-order valence-electron chi connectivity index (χ1n) is 6.53. The summed E-state index contributed by atoms with van der Waals surface area (Å²) in [5.41, 5.74) is 1.32. The number of fused-ring (bicyclic) bond motifs is 1. The van der Waals surface area contributed by atoms with Crippen LogP contribution >= 0.6 is 0 Å². The first-order chi connectivity index (χ1) is 9.69. The molecule has 1 saturated heterocycles. The molecule has 6 nitrogen and oxygen atoms in total. The first-order valence-corrected chi connectivity index (χ1v) is 6.53. The second-order valence-electron chi connectivity index (χ2n) is 4.75. The van der Waals surface area contributed by atoms with E-state index in [1.807, 2.05) is 4.90 Å². The highest BCUT2D eigenvalue weighted by molar-refractivity contribution is 5.86. The van der Waals surface area contributed by atoms with Crippen molar-refractivity contribution in [2.75, 3.05) is 31.6 Å². The van der Waals surface area contributed by atoms with Crippen LogP contribution in [0, 0.1) is 5.82 Å². The maximum atomic E-state index is 13.2. The Labute approximate surface area is 115 Å². The molecule has 1 aromatic carbocycles. The van der Waals surface area contributed by atoms with E-state index in [-0.39, 0.29) is 17.8 Å². The van der Waals surface area contributed by atoms with Crippen molar-refractivity contribution >= 4 is 22.9 Å². The quantitative estimate of drug-likeness (QED) is 0.734. The fourth-order valence-electron chi connectivity index (χ4n) is 2.46. The van der Waals surface area contributed by atoms with Crippen molar-refractivity contribution in [2.24, 2.45) is 0 Å². The minimum Gasteiger partial charge on any atom is -0.357 e. The van der Waals surface area contributed by atoms with Crippen LogP contribution in [0.25, 0.3) is 11.0 Å². The van der Waals surface area contributed by atoms with Gasteiger partial charge >= 0.3 is 0 Å². The Kier molecular flexibility index (Phi) is 3.27. The molecule has 0 radical (unpaired) electrons. The number of likely N-dealkylation sites (N-methyl/N-ethyl adjacent to an activating group) is 1. The number of rotatable bonds is 2. The molecule has 1 aliphatic rings. The third-order valence-corrected chi connectivity index (χ3v) is 3.50. The minimum absolute atomic E-state index is 0.0659.